The van der Waals surface area contributed by atoms with Gasteiger partial charge >= 0.3 is 0 Å². The molecule has 1 heterocycles. The number of sulfonamides is 1. The van der Waals surface area contributed by atoms with Crippen LogP contribution in [0, 0.1) is 5.82 Å². The first kappa shape index (κ1) is 15.3. The lowest BCUT2D eigenvalue weighted by molar-refractivity contribution is 0.498. The van der Waals surface area contributed by atoms with E-state index in [4.69, 9.17) is 16.0 Å². The number of anilines is 1. The molecule has 0 aliphatic rings. The molecule has 20 heavy (non-hydrogen) atoms. The SMILES string of the molecule is CN(c1cccc(F)c1)S(=O)(=O)c1cc(CCl)oc1Br. The number of hydrogen-bond acceptors (Lipinski definition) is 3. The molecule has 0 saturated carbocycles. The maximum Gasteiger partial charge on any atom is 0.268 e. The lowest BCUT2D eigenvalue weighted by Gasteiger charge is -2.18. The van der Waals surface area contributed by atoms with E-state index >= 15 is 0 Å². The van der Waals surface area contributed by atoms with Crippen molar-refractivity contribution < 1.29 is 17.2 Å². The van der Waals surface area contributed by atoms with Crippen molar-refractivity contribution in [3.63, 3.8) is 0 Å². The Labute approximate surface area is 129 Å². The summed E-state index contributed by atoms with van der Waals surface area (Å²) in [7, 11) is -2.52. The zero-order valence-corrected chi connectivity index (χ0v) is 13.5. The Morgan fingerprint density at radius 2 is 2.10 bits per heavy atom. The molecule has 0 saturated heterocycles. The van der Waals surface area contributed by atoms with Gasteiger partial charge in [-0.1, -0.05) is 6.07 Å². The molecule has 1 aromatic carbocycles. The molecule has 2 rings (SSSR count). The molecule has 0 amide bonds. The van der Waals surface area contributed by atoms with E-state index in [-0.39, 0.29) is 21.1 Å². The standard InChI is InChI=1S/C12H10BrClFNO3S/c1-16(9-4-2-3-8(15)5-9)20(17,18)11-6-10(7-14)19-12(11)13/h2-6H,7H2,1H3. The molecule has 1 aromatic heterocycles. The van der Waals surface area contributed by atoms with Crippen molar-refractivity contribution in [1.29, 1.82) is 0 Å². The summed E-state index contributed by atoms with van der Waals surface area (Å²) in [5.74, 6) is -0.139. The number of hydrogen-bond donors (Lipinski definition) is 0. The molecule has 4 nitrogen and oxygen atoms in total. The van der Waals surface area contributed by atoms with E-state index in [1.165, 1.54) is 31.3 Å². The Morgan fingerprint density at radius 3 is 2.65 bits per heavy atom. The predicted octanol–water partition coefficient (Wildman–Crippen LogP) is 3.75. The van der Waals surface area contributed by atoms with E-state index in [0.717, 1.165) is 10.4 Å². The molecule has 0 aliphatic carbocycles. The summed E-state index contributed by atoms with van der Waals surface area (Å²) in [5, 5.41) is 0. The summed E-state index contributed by atoms with van der Waals surface area (Å²) in [6.07, 6.45) is 0. The Bertz CT molecular complexity index is 732. The molecule has 108 valence electrons. The lowest BCUT2D eigenvalue weighted by Crippen LogP contribution is -2.26. The van der Waals surface area contributed by atoms with Gasteiger partial charge in [0.1, 0.15) is 16.5 Å². The maximum absolute atomic E-state index is 13.2. The topological polar surface area (TPSA) is 50.5 Å². The second-order valence-corrected chi connectivity index (χ2v) is 6.86. The smallest absolute Gasteiger partial charge is 0.268 e. The van der Waals surface area contributed by atoms with Crippen LogP contribution < -0.4 is 4.31 Å². The van der Waals surface area contributed by atoms with Gasteiger partial charge in [-0.25, -0.2) is 12.8 Å². The molecule has 8 heteroatoms. The van der Waals surface area contributed by atoms with E-state index in [2.05, 4.69) is 15.9 Å². The van der Waals surface area contributed by atoms with Crippen LogP contribution in [0.5, 0.6) is 0 Å². The molecule has 0 aliphatic heterocycles. The molecule has 0 fully saturated rings. The van der Waals surface area contributed by atoms with Crippen molar-refractivity contribution >= 4 is 43.2 Å². The number of rotatable bonds is 4. The molecule has 0 atom stereocenters. The second kappa shape index (κ2) is 5.75. The largest absolute Gasteiger partial charge is 0.452 e. The summed E-state index contributed by atoms with van der Waals surface area (Å²) < 4.78 is 44.3. The maximum atomic E-state index is 13.2. The quantitative estimate of drug-likeness (QED) is 0.757. The van der Waals surface area contributed by atoms with E-state index in [1.807, 2.05) is 0 Å². The number of nitrogens with zero attached hydrogens (tertiary/aromatic N) is 1. The van der Waals surface area contributed by atoms with Gasteiger partial charge in [0.15, 0.2) is 4.67 Å². The zero-order valence-electron chi connectivity index (χ0n) is 10.3. The van der Waals surface area contributed by atoms with E-state index < -0.39 is 15.8 Å². The zero-order chi connectivity index (χ0) is 14.9. The first-order valence-corrected chi connectivity index (χ1v) is 8.21. The van der Waals surface area contributed by atoms with Crippen LogP contribution in [-0.2, 0) is 15.9 Å². The van der Waals surface area contributed by atoms with Crippen molar-refractivity contribution in [2.24, 2.45) is 0 Å². The molecule has 0 radical (unpaired) electrons. The minimum absolute atomic E-state index is 0.0534. The highest BCUT2D eigenvalue weighted by atomic mass is 79.9. The fraction of sp³-hybridized carbons (Fsp3) is 0.167. The first-order valence-electron chi connectivity index (χ1n) is 5.45. The highest BCUT2D eigenvalue weighted by Crippen LogP contribution is 2.31. The molecule has 2 aromatic rings. The van der Waals surface area contributed by atoms with Crippen LogP contribution in [0.1, 0.15) is 5.76 Å². The van der Waals surface area contributed by atoms with Gasteiger partial charge < -0.3 is 4.42 Å². The van der Waals surface area contributed by atoms with Gasteiger partial charge in [-0.3, -0.25) is 4.31 Å². The van der Waals surface area contributed by atoms with Crippen LogP contribution >= 0.6 is 27.5 Å². The van der Waals surface area contributed by atoms with Crippen molar-refractivity contribution in [2.75, 3.05) is 11.4 Å². The number of alkyl halides is 1. The monoisotopic (exact) mass is 381 g/mol. The van der Waals surface area contributed by atoms with Crippen molar-refractivity contribution in [1.82, 2.24) is 0 Å². The van der Waals surface area contributed by atoms with Crippen LogP contribution in [0.15, 0.2) is 44.3 Å². The van der Waals surface area contributed by atoms with Gasteiger partial charge in [-0.05, 0) is 34.1 Å². The highest BCUT2D eigenvalue weighted by Gasteiger charge is 2.27. The van der Waals surface area contributed by atoms with Gasteiger partial charge in [0.2, 0.25) is 0 Å². The Morgan fingerprint density at radius 1 is 1.40 bits per heavy atom. The van der Waals surface area contributed by atoms with E-state index in [0.29, 0.717) is 5.76 Å². The van der Waals surface area contributed by atoms with Gasteiger partial charge in [-0.2, -0.15) is 0 Å². The Kier molecular flexibility index (Phi) is 4.41. The highest BCUT2D eigenvalue weighted by molar-refractivity contribution is 9.10. The van der Waals surface area contributed by atoms with Crippen molar-refractivity contribution in [2.45, 2.75) is 10.8 Å². The third-order valence-electron chi connectivity index (χ3n) is 2.65. The molecule has 0 bridgehead atoms. The van der Waals surface area contributed by atoms with Gasteiger partial charge in [0.25, 0.3) is 10.0 Å². The third-order valence-corrected chi connectivity index (χ3v) is 5.55. The molecule has 0 N–H and O–H groups in total. The fourth-order valence-corrected chi connectivity index (χ4v) is 3.88. The van der Waals surface area contributed by atoms with Crippen LogP contribution in [-0.4, -0.2) is 15.5 Å². The summed E-state index contributed by atoms with van der Waals surface area (Å²) in [4.78, 5) is -0.0556. The predicted molar refractivity (Wildman–Crippen MR) is 78.0 cm³/mol. The van der Waals surface area contributed by atoms with E-state index in [1.54, 1.807) is 0 Å². The summed E-state index contributed by atoms with van der Waals surface area (Å²) in [5.41, 5.74) is 0.213. The summed E-state index contributed by atoms with van der Waals surface area (Å²) in [6, 6.07) is 6.64. The summed E-state index contributed by atoms with van der Waals surface area (Å²) in [6.45, 7) is 0. The average Bonchev–Trinajstić information content (AvgIpc) is 2.80. The van der Waals surface area contributed by atoms with Crippen LogP contribution in [0.3, 0.4) is 0 Å². The lowest BCUT2D eigenvalue weighted by atomic mass is 10.3. The first-order chi connectivity index (χ1) is 9.36. The molecular formula is C12H10BrClFNO3S. The number of furan rings is 1. The van der Waals surface area contributed by atoms with Crippen molar-refractivity contribution in [3.05, 3.63) is 46.6 Å². The molecular weight excluding hydrogens is 373 g/mol. The Hall–Kier alpha value is -1.05. The van der Waals surface area contributed by atoms with Gasteiger partial charge in [0, 0.05) is 13.1 Å². The number of benzene rings is 1. The van der Waals surface area contributed by atoms with Crippen LogP contribution in [0.25, 0.3) is 0 Å². The van der Waals surface area contributed by atoms with Gasteiger partial charge in [0.05, 0.1) is 11.6 Å². The third kappa shape index (κ3) is 2.84. The number of halogens is 3. The minimum atomic E-state index is -3.86. The molecule has 0 spiro atoms. The Balaban J connectivity index is 2.46. The van der Waals surface area contributed by atoms with Crippen LogP contribution in [0.2, 0.25) is 0 Å². The second-order valence-electron chi connectivity index (χ2n) is 3.94. The van der Waals surface area contributed by atoms with E-state index in [9.17, 15) is 12.8 Å². The van der Waals surface area contributed by atoms with Crippen molar-refractivity contribution in [3.8, 4) is 0 Å². The van der Waals surface area contributed by atoms with Crippen LogP contribution in [0.4, 0.5) is 10.1 Å². The summed E-state index contributed by atoms with van der Waals surface area (Å²) >= 11 is 8.65. The normalized spacial score (nSPS) is 11.6. The van der Waals surface area contributed by atoms with Gasteiger partial charge in [-0.15, -0.1) is 11.6 Å². The molecule has 0 unspecified atom stereocenters. The average molecular weight is 383 g/mol. The minimum Gasteiger partial charge on any atom is -0.452 e. The fourth-order valence-electron chi connectivity index (χ4n) is 1.60.